The van der Waals surface area contributed by atoms with Gasteiger partial charge in [0.2, 0.25) is 0 Å². The number of hydrogen-bond acceptors (Lipinski definition) is 7. The molecule has 1 aromatic carbocycles. The fraction of sp³-hybridized carbons (Fsp3) is 0.450. The summed E-state index contributed by atoms with van der Waals surface area (Å²) < 4.78 is 10.6. The molecule has 3 rings (SSSR count). The van der Waals surface area contributed by atoms with Gasteiger partial charge in [0, 0.05) is 32.2 Å². The first-order valence-corrected chi connectivity index (χ1v) is 9.71. The normalized spacial score (nSPS) is 13.1. The van der Waals surface area contributed by atoms with Crippen molar-refractivity contribution in [2.45, 2.75) is 19.8 Å². The average Bonchev–Trinajstić information content (AvgIpc) is 3.25. The second kappa shape index (κ2) is 9.81. The maximum absolute atomic E-state index is 12.2. The zero-order chi connectivity index (χ0) is 20.6. The molecule has 29 heavy (non-hydrogen) atoms. The molecule has 156 valence electrons. The Morgan fingerprint density at radius 2 is 1.93 bits per heavy atom. The molecule has 2 aromatic rings. The number of amides is 2. The van der Waals surface area contributed by atoms with Gasteiger partial charge in [-0.05, 0) is 31.9 Å². The van der Waals surface area contributed by atoms with Gasteiger partial charge in [-0.1, -0.05) is 6.07 Å². The number of anilines is 3. The van der Waals surface area contributed by atoms with Crippen molar-refractivity contribution in [1.82, 2.24) is 15.3 Å². The van der Waals surface area contributed by atoms with Crippen LogP contribution in [0.4, 0.5) is 22.1 Å². The van der Waals surface area contributed by atoms with Gasteiger partial charge in [-0.3, -0.25) is 0 Å². The summed E-state index contributed by atoms with van der Waals surface area (Å²) in [6.07, 6.45) is 2.39. The molecule has 0 atom stereocenters. The number of carbonyl (C=O) groups excluding carboxylic acids is 1. The second-order valence-corrected chi connectivity index (χ2v) is 6.70. The van der Waals surface area contributed by atoms with Crippen molar-refractivity contribution < 1.29 is 14.3 Å². The van der Waals surface area contributed by atoms with Crippen molar-refractivity contribution in [3.05, 3.63) is 30.1 Å². The first-order valence-electron chi connectivity index (χ1n) is 9.71. The highest BCUT2D eigenvalue weighted by atomic mass is 16.5. The smallest absolute Gasteiger partial charge is 0.319 e. The molecule has 2 heterocycles. The maximum atomic E-state index is 12.2. The number of carbonyl (C=O) groups is 1. The summed E-state index contributed by atoms with van der Waals surface area (Å²) in [5.74, 6) is 3.48. The van der Waals surface area contributed by atoms with Gasteiger partial charge in [-0.25, -0.2) is 14.8 Å². The lowest BCUT2D eigenvalue weighted by Crippen LogP contribution is -2.33. The molecule has 0 unspecified atom stereocenters. The zero-order valence-corrected chi connectivity index (χ0v) is 17.1. The zero-order valence-electron chi connectivity index (χ0n) is 17.1. The van der Waals surface area contributed by atoms with Gasteiger partial charge in [0.25, 0.3) is 0 Å². The third-order valence-electron chi connectivity index (χ3n) is 4.62. The van der Waals surface area contributed by atoms with E-state index in [9.17, 15) is 4.79 Å². The molecule has 1 saturated heterocycles. The Balaban J connectivity index is 1.49. The average molecular weight is 400 g/mol. The molecule has 1 aromatic heterocycles. The molecule has 1 aliphatic heterocycles. The second-order valence-electron chi connectivity index (χ2n) is 6.70. The minimum Gasteiger partial charge on any atom is -0.493 e. The Kier molecular flexibility index (Phi) is 6.94. The molecule has 9 heteroatoms. The molecule has 3 N–H and O–H groups in total. The number of rotatable bonds is 8. The van der Waals surface area contributed by atoms with Crippen molar-refractivity contribution in [3.63, 3.8) is 0 Å². The number of benzene rings is 1. The number of aryl methyl sites for hydroxylation is 1. The third kappa shape index (κ3) is 5.40. The van der Waals surface area contributed by atoms with E-state index >= 15 is 0 Å². The van der Waals surface area contributed by atoms with Crippen LogP contribution in [0.1, 0.15) is 18.7 Å². The number of ether oxygens (including phenoxy) is 2. The van der Waals surface area contributed by atoms with E-state index in [-0.39, 0.29) is 6.03 Å². The van der Waals surface area contributed by atoms with E-state index in [2.05, 4.69) is 30.8 Å². The van der Waals surface area contributed by atoms with Crippen molar-refractivity contribution in [1.29, 1.82) is 0 Å². The van der Waals surface area contributed by atoms with Gasteiger partial charge >= 0.3 is 6.03 Å². The maximum Gasteiger partial charge on any atom is 0.319 e. The Hall–Kier alpha value is -3.23. The Bertz CT molecular complexity index is 839. The number of hydrogen-bond donors (Lipinski definition) is 3. The van der Waals surface area contributed by atoms with E-state index < -0.39 is 0 Å². The number of para-hydroxylation sites is 1. The highest BCUT2D eigenvalue weighted by molar-refractivity contribution is 5.91. The van der Waals surface area contributed by atoms with Crippen LogP contribution in [0.5, 0.6) is 11.5 Å². The quantitative estimate of drug-likeness (QED) is 0.586. The fourth-order valence-corrected chi connectivity index (χ4v) is 3.27. The molecule has 0 spiro atoms. The van der Waals surface area contributed by atoms with E-state index in [1.807, 2.05) is 13.0 Å². The first-order chi connectivity index (χ1) is 14.1. The minimum atomic E-state index is -0.324. The molecular weight excluding hydrogens is 372 g/mol. The largest absolute Gasteiger partial charge is 0.493 e. The van der Waals surface area contributed by atoms with Crippen LogP contribution in [0.15, 0.2) is 24.3 Å². The topological polar surface area (TPSA) is 101 Å². The molecule has 0 bridgehead atoms. The lowest BCUT2D eigenvalue weighted by molar-refractivity contribution is 0.252. The molecular formula is C20H28N6O3. The lowest BCUT2D eigenvalue weighted by Gasteiger charge is -2.18. The lowest BCUT2D eigenvalue weighted by atomic mass is 10.2. The molecule has 0 aliphatic carbocycles. The summed E-state index contributed by atoms with van der Waals surface area (Å²) in [6, 6.07) is 6.94. The highest BCUT2D eigenvalue weighted by Crippen LogP contribution is 2.34. The van der Waals surface area contributed by atoms with Crippen LogP contribution in [-0.4, -0.2) is 56.4 Å². The molecule has 1 aliphatic rings. The number of nitrogens with zero attached hydrogens (tertiary/aromatic N) is 3. The van der Waals surface area contributed by atoms with Crippen LogP contribution < -0.4 is 30.3 Å². The molecule has 9 nitrogen and oxygen atoms in total. The van der Waals surface area contributed by atoms with Gasteiger partial charge in [0.15, 0.2) is 11.5 Å². The van der Waals surface area contributed by atoms with Crippen LogP contribution in [-0.2, 0) is 0 Å². The Morgan fingerprint density at radius 3 is 2.66 bits per heavy atom. The van der Waals surface area contributed by atoms with E-state index in [0.717, 1.165) is 30.5 Å². The summed E-state index contributed by atoms with van der Waals surface area (Å²) in [6.45, 7) is 4.92. The fourth-order valence-electron chi connectivity index (χ4n) is 3.27. The van der Waals surface area contributed by atoms with Crippen molar-refractivity contribution in [3.8, 4) is 11.5 Å². The number of aromatic nitrogens is 2. The minimum absolute atomic E-state index is 0.324. The van der Waals surface area contributed by atoms with Crippen LogP contribution in [0, 0.1) is 6.92 Å². The van der Waals surface area contributed by atoms with E-state index in [0.29, 0.717) is 30.3 Å². The van der Waals surface area contributed by atoms with Crippen LogP contribution in [0.3, 0.4) is 0 Å². The number of urea groups is 1. The summed E-state index contributed by atoms with van der Waals surface area (Å²) >= 11 is 0. The predicted octanol–water partition coefficient (Wildman–Crippen LogP) is 2.64. The van der Waals surface area contributed by atoms with E-state index in [1.165, 1.54) is 20.0 Å². The summed E-state index contributed by atoms with van der Waals surface area (Å²) in [5.41, 5.74) is 0.541. The van der Waals surface area contributed by atoms with E-state index in [1.54, 1.807) is 25.3 Å². The molecule has 0 saturated carbocycles. The Labute approximate surface area is 170 Å². The van der Waals surface area contributed by atoms with Crippen molar-refractivity contribution >= 4 is 23.4 Å². The SMILES string of the molecule is COc1cccc(NC(=O)NCCNc2cc(N3CCCC3)nc(C)n2)c1OC. The highest BCUT2D eigenvalue weighted by Gasteiger charge is 2.15. The van der Waals surface area contributed by atoms with Crippen LogP contribution in [0.2, 0.25) is 0 Å². The number of nitrogens with one attached hydrogen (secondary N) is 3. The predicted molar refractivity (Wildman–Crippen MR) is 113 cm³/mol. The van der Waals surface area contributed by atoms with Gasteiger partial charge in [-0.2, -0.15) is 0 Å². The third-order valence-corrected chi connectivity index (χ3v) is 4.62. The van der Waals surface area contributed by atoms with Gasteiger partial charge in [0.1, 0.15) is 17.5 Å². The van der Waals surface area contributed by atoms with E-state index in [4.69, 9.17) is 9.47 Å². The summed E-state index contributed by atoms with van der Waals surface area (Å²) in [4.78, 5) is 23.4. The van der Waals surface area contributed by atoms with Crippen LogP contribution in [0.25, 0.3) is 0 Å². The number of methoxy groups -OCH3 is 2. The van der Waals surface area contributed by atoms with Gasteiger partial charge < -0.3 is 30.3 Å². The molecule has 0 radical (unpaired) electrons. The monoisotopic (exact) mass is 400 g/mol. The molecule has 2 amide bonds. The molecule has 1 fully saturated rings. The van der Waals surface area contributed by atoms with Gasteiger partial charge in [-0.15, -0.1) is 0 Å². The van der Waals surface area contributed by atoms with Crippen LogP contribution >= 0.6 is 0 Å². The summed E-state index contributed by atoms with van der Waals surface area (Å²) in [5, 5.41) is 8.83. The first kappa shape index (κ1) is 20.5. The summed E-state index contributed by atoms with van der Waals surface area (Å²) in [7, 11) is 3.09. The van der Waals surface area contributed by atoms with Crippen molar-refractivity contribution in [2.75, 3.05) is 55.9 Å². The van der Waals surface area contributed by atoms with Crippen molar-refractivity contribution in [2.24, 2.45) is 0 Å². The van der Waals surface area contributed by atoms with Gasteiger partial charge in [0.05, 0.1) is 19.9 Å². The Morgan fingerprint density at radius 1 is 1.14 bits per heavy atom. The standard InChI is InChI=1S/C20H28N6O3/c1-14-23-17(13-18(24-14)26-11-4-5-12-26)21-9-10-22-20(27)25-15-7-6-8-16(28-2)19(15)29-3/h6-8,13H,4-5,9-12H2,1-3H3,(H,21,23,24)(H2,22,25,27).